The number of hydrogen-bond donors (Lipinski definition) is 3. The summed E-state index contributed by atoms with van der Waals surface area (Å²) in [5, 5.41) is 9.23. The molecule has 0 radical (unpaired) electrons. The lowest BCUT2D eigenvalue weighted by atomic mass is 10.1. The number of urea groups is 1. The van der Waals surface area contributed by atoms with Crippen LogP contribution < -0.4 is 16.4 Å². The fourth-order valence-electron chi connectivity index (χ4n) is 2.66. The van der Waals surface area contributed by atoms with E-state index in [1.165, 1.54) is 0 Å². The van der Waals surface area contributed by atoms with Crippen molar-refractivity contribution in [1.29, 1.82) is 0 Å². The van der Waals surface area contributed by atoms with Crippen LogP contribution in [0.4, 0.5) is 10.5 Å². The van der Waals surface area contributed by atoms with Crippen LogP contribution in [0.1, 0.15) is 29.9 Å². The highest BCUT2D eigenvalue weighted by atomic mass is 16.5. The topological polar surface area (TPSA) is 123 Å². The molecule has 2 aromatic carbocycles. The van der Waals surface area contributed by atoms with Crippen LogP contribution in [0.15, 0.2) is 53.1 Å². The van der Waals surface area contributed by atoms with Gasteiger partial charge < -0.3 is 20.9 Å². The second-order valence-electron chi connectivity index (χ2n) is 6.24. The second-order valence-corrected chi connectivity index (χ2v) is 6.24. The van der Waals surface area contributed by atoms with Crippen LogP contribution in [-0.2, 0) is 11.2 Å². The number of hydrogen-bond acceptors (Lipinski definition) is 5. The van der Waals surface area contributed by atoms with Crippen molar-refractivity contribution in [2.24, 2.45) is 5.73 Å². The highest BCUT2D eigenvalue weighted by Crippen LogP contribution is 2.24. The molecular weight excluding hydrogens is 358 g/mol. The molecule has 0 aliphatic heterocycles. The van der Waals surface area contributed by atoms with Gasteiger partial charge in [0, 0.05) is 17.7 Å². The first kappa shape index (κ1) is 19.1. The Morgan fingerprint density at radius 3 is 2.57 bits per heavy atom. The minimum absolute atomic E-state index is 0.375. The molecule has 8 heteroatoms. The molecule has 1 heterocycles. The summed E-state index contributed by atoms with van der Waals surface area (Å²) in [6.07, 6.45) is 0.664. The number of primary amides is 1. The molecule has 28 heavy (non-hydrogen) atoms. The second kappa shape index (κ2) is 8.34. The zero-order valence-corrected chi connectivity index (χ0v) is 15.6. The number of nitrogens with two attached hydrogens (primary N) is 1. The number of aryl methyl sites for hydroxylation is 2. The Bertz CT molecular complexity index is 985. The van der Waals surface area contributed by atoms with E-state index < -0.39 is 18.0 Å². The Labute approximate surface area is 162 Å². The molecular formula is C20H21N5O3. The SMILES string of the molecule is CCc1noc(-c2ccc(C)c(NC(=O)N[C@H](C(N)=O)c3ccccc3)c2)n1. The Morgan fingerprint density at radius 2 is 1.93 bits per heavy atom. The number of amides is 3. The van der Waals surface area contributed by atoms with Crippen molar-refractivity contribution in [3.05, 3.63) is 65.5 Å². The zero-order chi connectivity index (χ0) is 20.1. The third-order valence-electron chi connectivity index (χ3n) is 4.21. The lowest BCUT2D eigenvalue weighted by Gasteiger charge is -2.17. The fourth-order valence-corrected chi connectivity index (χ4v) is 2.66. The van der Waals surface area contributed by atoms with E-state index in [1.54, 1.807) is 30.3 Å². The summed E-state index contributed by atoms with van der Waals surface area (Å²) in [7, 11) is 0. The van der Waals surface area contributed by atoms with Crippen LogP contribution in [0.2, 0.25) is 0 Å². The van der Waals surface area contributed by atoms with Gasteiger partial charge in [-0.15, -0.1) is 0 Å². The van der Waals surface area contributed by atoms with Crippen molar-refractivity contribution in [3.8, 4) is 11.5 Å². The van der Waals surface area contributed by atoms with Crippen molar-refractivity contribution in [3.63, 3.8) is 0 Å². The summed E-state index contributed by atoms with van der Waals surface area (Å²) in [4.78, 5) is 28.5. The van der Waals surface area contributed by atoms with Crippen LogP contribution in [0.25, 0.3) is 11.5 Å². The molecule has 0 saturated heterocycles. The molecule has 1 atom stereocenters. The molecule has 4 N–H and O–H groups in total. The fraction of sp³-hybridized carbons (Fsp3) is 0.200. The van der Waals surface area contributed by atoms with Crippen molar-refractivity contribution in [2.45, 2.75) is 26.3 Å². The normalized spacial score (nSPS) is 11.6. The Morgan fingerprint density at radius 1 is 1.18 bits per heavy atom. The van der Waals surface area contributed by atoms with Crippen LogP contribution >= 0.6 is 0 Å². The third kappa shape index (κ3) is 4.35. The number of aromatic nitrogens is 2. The molecule has 144 valence electrons. The Hall–Kier alpha value is -3.68. The maximum absolute atomic E-state index is 12.5. The first-order valence-electron chi connectivity index (χ1n) is 8.83. The van der Waals surface area contributed by atoms with Gasteiger partial charge in [-0.3, -0.25) is 4.79 Å². The molecule has 3 rings (SSSR count). The number of nitrogens with zero attached hydrogens (tertiary/aromatic N) is 2. The van der Waals surface area contributed by atoms with E-state index in [0.717, 1.165) is 5.56 Å². The Kier molecular flexibility index (Phi) is 5.69. The maximum Gasteiger partial charge on any atom is 0.320 e. The standard InChI is InChI=1S/C20H21N5O3/c1-3-16-23-19(28-25-16)14-10-9-12(2)15(11-14)22-20(27)24-17(18(21)26)13-7-5-4-6-8-13/h4-11,17H,3H2,1-2H3,(H2,21,26)(H2,22,24,27)/t17-/m0/s1. The van der Waals surface area contributed by atoms with Crippen LogP contribution in [0, 0.1) is 6.92 Å². The summed E-state index contributed by atoms with van der Waals surface area (Å²) >= 11 is 0. The van der Waals surface area contributed by atoms with E-state index in [0.29, 0.717) is 35.0 Å². The number of anilines is 1. The minimum Gasteiger partial charge on any atom is -0.368 e. The number of carbonyl (C=O) groups is 2. The maximum atomic E-state index is 12.5. The highest BCUT2D eigenvalue weighted by molar-refractivity contribution is 5.94. The van der Waals surface area contributed by atoms with Gasteiger partial charge >= 0.3 is 6.03 Å². The van der Waals surface area contributed by atoms with Gasteiger partial charge in [0.2, 0.25) is 5.91 Å². The predicted molar refractivity (Wildman–Crippen MR) is 104 cm³/mol. The van der Waals surface area contributed by atoms with Crippen LogP contribution in [0.5, 0.6) is 0 Å². The smallest absolute Gasteiger partial charge is 0.320 e. The quantitative estimate of drug-likeness (QED) is 0.607. The number of nitrogens with one attached hydrogen (secondary N) is 2. The molecule has 3 amide bonds. The van der Waals surface area contributed by atoms with Crippen molar-refractivity contribution in [2.75, 3.05) is 5.32 Å². The molecule has 3 aromatic rings. The molecule has 0 spiro atoms. The van der Waals surface area contributed by atoms with Gasteiger partial charge in [0.05, 0.1) is 0 Å². The van der Waals surface area contributed by atoms with Crippen molar-refractivity contribution in [1.82, 2.24) is 15.5 Å². The zero-order valence-electron chi connectivity index (χ0n) is 15.6. The first-order chi connectivity index (χ1) is 13.5. The van der Waals surface area contributed by atoms with Gasteiger partial charge in [0.25, 0.3) is 5.89 Å². The van der Waals surface area contributed by atoms with Gasteiger partial charge in [-0.25, -0.2) is 4.79 Å². The van der Waals surface area contributed by atoms with Crippen LogP contribution in [0.3, 0.4) is 0 Å². The lowest BCUT2D eigenvalue weighted by Crippen LogP contribution is -2.39. The molecule has 1 aromatic heterocycles. The molecule has 0 aliphatic rings. The van der Waals surface area contributed by atoms with Gasteiger partial charge in [-0.2, -0.15) is 4.98 Å². The van der Waals surface area contributed by atoms with Crippen molar-refractivity contribution >= 4 is 17.6 Å². The van der Waals surface area contributed by atoms with E-state index in [9.17, 15) is 9.59 Å². The number of rotatable bonds is 6. The molecule has 8 nitrogen and oxygen atoms in total. The van der Waals surface area contributed by atoms with Crippen molar-refractivity contribution < 1.29 is 14.1 Å². The molecule has 0 aliphatic carbocycles. The molecule has 0 unspecified atom stereocenters. The minimum atomic E-state index is -0.937. The summed E-state index contributed by atoms with van der Waals surface area (Å²) in [6, 6.07) is 12.7. The largest absolute Gasteiger partial charge is 0.368 e. The van der Waals surface area contributed by atoms with E-state index in [4.69, 9.17) is 10.3 Å². The highest BCUT2D eigenvalue weighted by Gasteiger charge is 2.20. The monoisotopic (exact) mass is 379 g/mol. The van der Waals surface area contributed by atoms with Gasteiger partial charge in [0.1, 0.15) is 6.04 Å². The van der Waals surface area contributed by atoms with Gasteiger partial charge in [-0.05, 0) is 30.2 Å². The summed E-state index contributed by atoms with van der Waals surface area (Å²) in [6.45, 7) is 3.79. The summed E-state index contributed by atoms with van der Waals surface area (Å²) in [5.74, 6) is 0.333. The summed E-state index contributed by atoms with van der Waals surface area (Å²) < 4.78 is 5.24. The predicted octanol–water partition coefficient (Wildman–Crippen LogP) is 2.96. The Balaban J connectivity index is 1.77. The summed E-state index contributed by atoms with van der Waals surface area (Å²) in [5.41, 5.74) is 8.13. The first-order valence-corrected chi connectivity index (χ1v) is 8.83. The molecule has 0 saturated carbocycles. The number of benzene rings is 2. The molecule has 0 fully saturated rings. The number of carbonyl (C=O) groups excluding carboxylic acids is 2. The van der Waals surface area contributed by atoms with Gasteiger partial charge in [-0.1, -0.05) is 48.5 Å². The van der Waals surface area contributed by atoms with Crippen LogP contribution in [-0.4, -0.2) is 22.1 Å². The van der Waals surface area contributed by atoms with E-state index in [1.807, 2.05) is 32.0 Å². The van der Waals surface area contributed by atoms with Gasteiger partial charge in [0.15, 0.2) is 5.82 Å². The lowest BCUT2D eigenvalue weighted by molar-refractivity contribution is -0.119. The van der Waals surface area contributed by atoms with E-state index >= 15 is 0 Å². The third-order valence-corrected chi connectivity index (χ3v) is 4.21. The average molecular weight is 379 g/mol. The molecule has 0 bridgehead atoms. The van der Waals surface area contributed by atoms with E-state index in [-0.39, 0.29) is 0 Å². The van der Waals surface area contributed by atoms with E-state index in [2.05, 4.69) is 20.8 Å². The average Bonchev–Trinajstić information content (AvgIpc) is 3.17.